The quantitative estimate of drug-likeness (QED) is 0.372. The van der Waals surface area contributed by atoms with E-state index in [-0.39, 0.29) is 24.0 Å². The van der Waals surface area contributed by atoms with Crippen molar-refractivity contribution in [2.45, 2.75) is 73.1 Å². The Labute approximate surface area is 158 Å². The predicted octanol–water partition coefficient (Wildman–Crippen LogP) is 5.22. The average molecular weight is 362 g/mol. The highest BCUT2D eigenvalue weighted by molar-refractivity contribution is 5.75. The van der Waals surface area contributed by atoms with Gasteiger partial charge in [-0.3, -0.25) is 4.79 Å². The molecule has 4 heteroatoms. The highest BCUT2D eigenvalue weighted by Crippen LogP contribution is 2.19. The lowest BCUT2D eigenvalue weighted by Crippen LogP contribution is -2.34. The number of hydroxylamine groups is 2. The summed E-state index contributed by atoms with van der Waals surface area (Å²) in [7, 11) is 0. The molecule has 0 saturated carbocycles. The van der Waals surface area contributed by atoms with E-state index in [1.165, 1.54) is 5.06 Å². The van der Waals surface area contributed by atoms with Crippen LogP contribution in [0.2, 0.25) is 0 Å². The number of hydrogen-bond donors (Lipinski definition) is 1. The fourth-order valence-corrected chi connectivity index (χ4v) is 2.54. The molecule has 0 bridgehead atoms. The molecule has 0 aliphatic heterocycles. The van der Waals surface area contributed by atoms with Gasteiger partial charge in [0.25, 0.3) is 0 Å². The molecular formula is C22H35NO3. The second kappa shape index (κ2) is 10.5. The number of ether oxygens (including phenoxy) is 1. The summed E-state index contributed by atoms with van der Waals surface area (Å²) in [5, 5.41) is 11.9. The second-order valence-electron chi connectivity index (χ2n) is 8.17. The maximum absolute atomic E-state index is 12.1. The fraction of sp³-hybridized carbons (Fsp3) is 0.591. The molecular weight excluding hydrogens is 326 g/mol. The molecule has 1 rings (SSSR count). The van der Waals surface area contributed by atoms with Crippen molar-refractivity contribution in [3.8, 4) is 0 Å². The lowest BCUT2D eigenvalue weighted by atomic mass is 9.97. The molecule has 0 amide bonds. The molecule has 146 valence electrons. The van der Waals surface area contributed by atoms with E-state index in [1.54, 1.807) is 0 Å². The number of hydrogen-bond acceptors (Lipinski definition) is 4. The van der Waals surface area contributed by atoms with Crippen molar-refractivity contribution in [1.29, 1.82) is 0 Å². The normalized spacial score (nSPS) is 14.8. The molecule has 2 unspecified atom stereocenters. The molecule has 1 aromatic carbocycles. The number of carbonyl (C=O) groups excluding carboxylic acids is 1. The minimum Gasteiger partial charge on any atom is -0.462 e. The number of esters is 1. The summed E-state index contributed by atoms with van der Waals surface area (Å²) in [6, 6.07) is 9.82. The zero-order chi connectivity index (χ0) is 19.7. The zero-order valence-corrected chi connectivity index (χ0v) is 17.1. The Bertz CT molecular complexity index is 561. The van der Waals surface area contributed by atoms with Crippen molar-refractivity contribution in [2.24, 2.45) is 11.3 Å². The molecule has 0 aliphatic carbocycles. The molecule has 4 nitrogen and oxygen atoms in total. The molecule has 1 aromatic rings. The molecule has 0 heterocycles. The molecule has 26 heavy (non-hydrogen) atoms. The summed E-state index contributed by atoms with van der Waals surface area (Å²) in [6.07, 6.45) is 5.32. The lowest BCUT2D eigenvalue weighted by molar-refractivity contribution is -0.158. The number of rotatable bonds is 9. The first-order valence-electron chi connectivity index (χ1n) is 9.52. The topological polar surface area (TPSA) is 49.8 Å². The summed E-state index contributed by atoms with van der Waals surface area (Å²) in [5.74, 6) is 0.0863. The van der Waals surface area contributed by atoms with Gasteiger partial charge >= 0.3 is 5.97 Å². The minimum absolute atomic E-state index is 0.0916. The van der Waals surface area contributed by atoms with Crippen molar-refractivity contribution < 1.29 is 14.7 Å². The minimum atomic E-state index is -0.491. The van der Waals surface area contributed by atoms with Crippen LogP contribution in [0.25, 0.3) is 0 Å². The highest BCUT2D eigenvalue weighted by Gasteiger charge is 2.25. The third-order valence-corrected chi connectivity index (χ3v) is 4.29. The predicted molar refractivity (Wildman–Crippen MR) is 106 cm³/mol. The van der Waals surface area contributed by atoms with Crippen molar-refractivity contribution in [3.63, 3.8) is 0 Å². The van der Waals surface area contributed by atoms with Gasteiger partial charge in [-0.25, -0.2) is 0 Å². The Kier molecular flexibility index (Phi) is 9.03. The largest absolute Gasteiger partial charge is 0.462 e. The van der Waals surface area contributed by atoms with Gasteiger partial charge in [0.05, 0.1) is 11.5 Å². The van der Waals surface area contributed by atoms with Gasteiger partial charge in [0.2, 0.25) is 0 Å². The van der Waals surface area contributed by atoms with Crippen LogP contribution in [-0.2, 0) is 16.1 Å². The lowest BCUT2D eigenvalue weighted by Gasteiger charge is -2.27. The van der Waals surface area contributed by atoms with E-state index in [0.717, 1.165) is 12.0 Å². The molecule has 0 aromatic heterocycles. The van der Waals surface area contributed by atoms with Gasteiger partial charge in [-0.05, 0) is 38.7 Å². The summed E-state index contributed by atoms with van der Waals surface area (Å²) in [6.45, 7) is 12.2. The first-order valence-corrected chi connectivity index (χ1v) is 9.52. The number of carbonyl (C=O) groups is 1. The Morgan fingerprint density at radius 3 is 2.35 bits per heavy atom. The Balaban J connectivity index is 2.66. The molecule has 0 radical (unpaired) electrons. The third-order valence-electron chi connectivity index (χ3n) is 4.29. The zero-order valence-electron chi connectivity index (χ0n) is 17.1. The second-order valence-corrected chi connectivity index (χ2v) is 8.17. The molecule has 0 saturated heterocycles. The van der Waals surface area contributed by atoms with Gasteiger partial charge in [0.1, 0.15) is 6.10 Å². The van der Waals surface area contributed by atoms with Gasteiger partial charge in [0.15, 0.2) is 0 Å². The van der Waals surface area contributed by atoms with Gasteiger partial charge in [-0.1, -0.05) is 63.3 Å². The summed E-state index contributed by atoms with van der Waals surface area (Å²) < 4.78 is 5.60. The number of benzene rings is 1. The van der Waals surface area contributed by atoms with E-state index in [9.17, 15) is 10.0 Å². The van der Waals surface area contributed by atoms with Crippen LogP contribution >= 0.6 is 0 Å². The van der Waals surface area contributed by atoms with E-state index < -0.39 is 5.41 Å². The van der Waals surface area contributed by atoms with Gasteiger partial charge in [-0.15, -0.1) is 0 Å². The van der Waals surface area contributed by atoms with Crippen LogP contribution in [-0.4, -0.2) is 28.4 Å². The smallest absolute Gasteiger partial charge is 0.311 e. The standard InChI is InChI=1S/C22H35NO3/c1-7-19(26-21(24)22(4,5)6)14-11-15-20(17(2)3)23(25)16-18-12-9-8-10-13-18/h8-13,15,17,19-20,25H,7,14,16H2,1-6H3/b15-11+. The van der Waals surface area contributed by atoms with E-state index in [1.807, 2.05) is 70.2 Å². The van der Waals surface area contributed by atoms with Crippen LogP contribution in [0.15, 0.2) is 42.5 Å². The van der Waals surface area contributed by atoms with E-state index in [4.69, 9.17) is 4.74 Å². The van der Waals surface area contributed by atoms with E-state index in [2.05, 4.69) is 13.8 Å². The Morgan fingerprint density at radius 2 is 1.85 bits per heavy atom. The SMILES string of the molecule is CCC(C/C=C/C(C(C)C)N(O)Cc1ccccc1)OC(=O)C(C)(C)C. The third kappa shape index (κ3) is 7.71. The van der Waals surface area contributed by atoms with Crippen LogP contribution in [0.4, 0.5) is 0 Å². The van der Waals surface area contributed by atoms with Crippen molar-refractivity contribution in [3.05, 3.63) is 48.0 Å². The van der Waals surface area contributed by atoms with Crippen molar-refractivity contribution >= 4 is 5.97 Å². The summed E-state index contributed by atoms with van der Waals surface area (Å²) in [5.41, 5.74) is 0.578. The van der Waals surface area contributed by atoms with Crippen LogP contribution in [0.5, 0.6) is 0 Å². The van der Waals surface area contributed by atoms with Crippen LogP contribution in [0, 0.1) is 11.3 Å². The summed E-state index contributed by atoms with van der Waals surface area (Å²) >= 11 is 0. The highest BCUT2D eigenvalue weighted by atomic mass is 16.5. The Morgan fingerprint density at radius 1 is 1.23 bits per heavy atom. The maximum atomic E-state index is 12.1. The van der Waals surface area contributed by atoms with E-state index >= 15 is 0 Å². The van der Waals surface area contributed by atoms with Crippen molar-refractivity contribution in [2.75, 3.05) is 0 Å². The molecule has 1 N–H and O–H groups in total. The molecule has 2 atom stereocenters. The first kappa shape index (κ1) is 22.4. The molecule has 0 aliphatic rings. The van der Waals surface area contributed by atoms with Gasteiger partial charge in [0, 0.05) is 13.0 Å². The summed E-state index contributed by atoms with van der Waals surface area (Å²) in [4.78, 5) is 12.1. The average Bonchev–Trinajstić information content (AvgIpc) is 2.56. The monoisotopic (exact) mass is 361 g/mol. The molecule has 0 fully saturated rings. The van der Waals surface area contributed by atoms with E-state index in [0.29, 0.717) is 13.0 Å². The number of nitrogens with zero attached hydrogens (tertiary/aromatic N) is 1. The fourth-order valence-electron chi connectivity index (χ4n) is 2.54. The van der Waals surface area contributed by atoms with Crippen LogP contribution < -0.4 is 0 Å². The Hall–Kier alpha value is -1.65. The van der Waals surface area contributed by atoms with Crippen LogP contribution in [0.3, 0.4) is 0 Å². The first-order chi connectivity index (χ1) is 12.1. The maximum Gasteiger partial charge on any atom is 0.311 e. The van der Waals surface area contributed by atoms with Gasteiger partial charge < -0.3 is 9.94 Å². The molecule has 0 spiro atoms. The van der Waals surface area contributed by atoms with Crippen LogP contribution in [0.1, 0.15) is 59.9 Å². The van der Waals surface area contributed by atoms with Crippen molar-refractivity contribution in [1.82, 2.24) is 5.06 Å². The van der Waals surface area contributed by atoms with Gasteiger partial charge in [-0.2, -0.15) is 5.06 Å².